The molecule has 1 nitrogen and oxygen atoms in total. The molecule has 3 fully saturated rings. The zero-order valence-corrected chi connectivity index (χ0v) is 20.6. The number of hydrogen-bond donors (Lipinski definition) is 0. The van der Waals surface area contributed by atoms with Crippen LogP contribution in [0.5, 0.6) is 5.75 Å². The van der Waals surface area contributed by atoms with Crippen molar-refractivity contribution in [2.75, 3.05) is 0 Å². The van der Waals surface area contributed by atoms with Crippen molar-refractivity contribution in [3.05, 3.63) is 65.0 Å². The van der Waals surface area contributed by atoms with E-state index in [1.807, 2.05) is 12.1 Å². The highest BCUT2D eigenvalue weighted by Gasteiger charge is 2.60. The van der Waals surface area contributed by atoms with Gasteiger partial charge in [-0.3, -0.25) is 0 Å². The van der Waals surface area contributed by atoms with Crippen molar-refractivity contribution in [3.63, 3.8) is 0 Å². The Morgan fingerprint density at radius 2 is 1.70 bits per heavy atom. The Bertz CT molecular complexity index is 1050. The predicted molar refractivity (Wildman–Crippen MR) is 132 cm³/mol. The van der Waals surface area contributed by atoms with Crippen molar-refractivity contribution >= 4 is 0 Å². The van der Waals surface area contributed by atoms with Crippen LogP contribution in [0.25, 0.3) is 0 Å². The zero-order valence-electron chi connectivity index (χ0n) is 20.6. The largest absolute Gasteiger partial charge is 0.488 e. The maximum atomic E-state index is 14.1. The minimum absolute atomic E-state index is 0.0311. The van der Waals surface area contributed by atoms with Crippen LogP contribution in [-0.2, 0) is 11.8 Å². The van der Waals surface area contributed by atoms with E-state index in [2.05, 4.69) is 45.0 Å². The van der Waals surface area contributed by atoms with Gasteiger partial charge in [-0.1, -0.05) is 32.0 Å². The summed E-state index contributed by atoms with van der Waals surface area (Å²) >= 11 is 0. The third kappa shape index (κ3) is 3.30. The second-order valence-corrected chi connectivity index (χ2v) is 12.4. The van der Waals surface area contributed by atoms with Crippen molar-refractivity contribution in [2.45, 2.75) is 102 Å². The van der Waals surface area contributed by atoms with Gasteiger partial charge in [0.25, 0.3) is 0 Å². The van der Waals surface area contributed by atoms with Crippen LogP contribution < -0.4 is 4.74 Å². The molecule has 0 aliphatic heterocycles. The second kappa shape index (κ2) is 7.59. The molecule has 2 heteroatoms. The molecule has 0 amide bonds. The van der Waals surface area contributed by atoms with E-state index in [0.29, 0.717) is 5.92 Å². The molecular formula is C31H39FO. The Labute approximate surface area is 199 Å². The summed E-state index contributed by atoms with van der Waals surface area (Å²) in [5.74, 6) is 3.15. The molecule has 0 N–H and O–H groups in total. The molecule has 4 aliphatic rings. The van der Waals surface area contributed by atoms with Crippen LogP contribution in [0.2, 0.25) is 0 Å². The van der Waals surface area contributed by atoms with Crippen LogP contribution in [0.3, 0.4) is 0 Å². The molecular weight excluding hydrogens is 407 g/mol. The average Bonchev–Trinajstić information content (AvgIpc) is 3.34. The molecule has 6 rings (SSSR count). The van der Waals surface area contributed by atoms with E-state index >= 15 is 0 Å². The maximum absolute atomic E-state index is 14.1. The molecule has 0 heterocycles. The van der Waals surface area contributed by atoms with E-state index in [0.717, 1.165) is 17.6 Å². The van der Waals surface area contributed by atoms with E-state index in [1.165, 1.54) is 75.3 Å². The van der Waals surface area contributed by atoms with Crippen molar-refractivity contribution in [3.8, 4) is 5.75 Å². The smallest absolute Gasteiger partial charge is 0.123 e. The number of halogens is 1. The third-order valence-electron chi connectivity index (χ3n) is 10.8. The first-order chi connectivity index (χ1) is 15.8. The summed E-state index contributed by atoms with van der Waals surface area (Å²) in [6.07, 6.45) is 12.4. The number of fused-ring (bicyclic) bond motifs is 5. The van der Waals surface area contributed by atoms with E-state index < -0.39 is 0 Å². The molecule has 176 valence electrons. The SMILES string of the molecule is CC1(Oc2ccc3c(c2)CC[C@@H]2[C@@H]3CC[C@@]3(C)[C@H]2CC[C@]3(C)c2cccc(F)c2)CCCC1. The monoisotopic (exact) mass is 446 g/mol. The Morgan fingerprint density at radius 1 is 0.879 bits per heavy atom. The summed E-state index contributed by atoms with van der Waals surface area (Å²) in [5, 5.41) is 0. The minimum atomic E-state index is -0.0921. The van der Waals surface area contributed by atoms with Crippen molar-refractivity contribution in [1.82, 2.24) is 0 Å². The Hall–Kier alpha value is -1.83. The molecule has 0 unspecified atom stereocenters. The van der Waals surface area contributed by atoms with Gasteiger partial charge in [-0.2, -0.15) is 0 Å². The summed E-state index contributed by atoms with van der Waals surface area (Å²) < 4.78 is 20.7. The van der Waals surface area contributed by atoms with Crippen LogP contribution >= 0.6 is 0 Å². The number of aryl methyl sites for hydroxylation is 1. The van der Waals surface area contributed by atoms with Gasteiger partial charge in [-0.25, -0.2) is 4.39 Å². The first-order valence-corrected chi connectivity index (χ1v) is 13.4. The first kappa shape index (κ1) is 21.7. The topological polar surface area (TPSA) is 9.23 Å². The van der Waals surface area contributed by atoms with E-state index in [4.69, 9.17) is 4.74 Å². The lowest BCUT2D eigenvalue weighted by molar-refractivity contribution is 0.0174. The number of benzene rings is 2. The highest BCUT2D eigenvalue weighted by Crippen LogP contribution is 2.67. The van der Waals surface area contributed by atoms with E-state index in [-0.39, 0.29) is 22.2 Å². The molecule has 0 aromatic heterocycles. The highest BCUT2D eigenvalue weighted by atomic mass is 19.1. The van der Waals surface area contributed by atoms with Crippen molar-refractivity contribution in [1.29, 1.82) is 0 Å². The minimum Gasteiger partial charge on any atom is -0.488 e. The van der Waals surface area contributed by atoms with Crippen molar-refractivity contribution < 1.29 is 9.13 Å². The lowest BCUT2D eigenvalue weighted by Gasteiger charge is -2.54. The fraction of sp³-hybridized carbons (Fsp3) is 0.613. The molecule has 5 atom stereocenters. The molecule has 2 aromatic rings. The van der Waals surface area contributed by atoms with Gasteiger partial charge in [0, 0.05) is 0 Å². The normalized spacial score (nSPS) is 36.7. The van der Waals surface area contributed by atoms with Crippen LogP contribution in [0, 0.1) is 23.1 Å². The standard InChI is InChI=1S/C31H39FO/c1-29(15-4-5-16-29)33-24-10-12-25-21(19-24)9-11-27-26(25)13-17-31(3)28(27)14-18-30(31,2)22-7-6-8-23(32)20-22/h6-8,10,12,19-20,26-28H,4-5,9,11,13-18H2,1-3H3/t26-,27-,28+,30-,31+/m1/s1. The number of hydrogen-bond acceptors (Lipinski definition) is 1. The average molecular weight is 447 g/mol. The van der Waals surface area contributed by atoms with Gasteiger partial charge in [0.2, 0.25) is 0 Å². The lowest BCUT2D eigenvalue weighted by atomic mass is 9.50. The molecule has 33 heavy (non-hydrogen) atoms. The van der Waals surface area contributed by atoms with Gasteiger partial charge >= 0.3 is 0 Å². The Balaban J connectivity index is 1.27. The zero-order chi connectivity index (χ0) is 22.8. The fourth-order valence-electron chi connectivity index (χ4n) is 8.70. The van der Waals surface area contributed by atoms with Crippen LogP contribution in [0.1, 0.15) is 101 Å². The molecule has 4 aliphatic carbocycles. The highest BCUT2D eigenvalue weighted by molar-refractivity contribution is 5.42. The Morgan fingerprint density at radius 3 is 2.48 bits per heavy atom. The quantitative estimate of drug-likeness (QED) is 0.460. The third-order valence-corrected chi connectivity index (χ3v) is 10.8. The van der Waals surface area contributed by atoms with Gasteiger partial charge in [0.05, 0.1) is 0 Å². The predicted octanol–water partition coefficient (Wildman–Crippen LogP) is 8.35. The summed E-state index contributed by atoms with van der Waals surface area (Å²) in [5.41, 5.74) is 4.69. The Kier molecular flexibility index (Phi) is 4.99. The fourth-order valence-corrected chi connectivity index (χ4v) is 8.70. The van der Waals surface area contributed by atoms with Crippen LogP contribution in [0.4, 0.5) is 4.39 Å². The van der Waals surface area contributed by atoms with Crippen LogP contribution in [-0.4, -0.2) is 5.60 Å². The first-order valence-electron chi connectivity index (χ1n) is 13.4. The van der Waals surface area contributed by atoms with Crippen LogP contribution in [0.15, 0.2) is 42.5 Å². The summed E-state index contributed by atoms with van der Waals surface area (Å²) in [6, 6.07) is 14.5. The van der Waals surface area contributed by atoms with E-state index in [9.17, 15) is 4.39 Å². The summed E-state index contributed by atoms with van der Waals surface area (Å²) in [4.78, 5) is 0. The van der Waals surface area contributed by atoms with Gasteiger partial charge in [-0.05, 0) is 141 Å². The molecule has 0 saturated heterocycles. The number of ether oxygens (including phenoxy) is 1. The van der Waals surface area contributed by atoms with Gasteiger partial charge in [0.1, 0.15) is 17.2 Å². The van der Waals surface area contributed by atoms with E-state index in [1.54, 1.807) is 11.6 Å². The number of rotatable bonds is 3. The van der Waals surface area contributed by atoms with Gasteiger partial charge in [0.15, 0.2) is 0 Å². The summed E-state index contributed by atoms with van der Waals surface area (Å²) in [7, 11) is 0. The lowest BCUT2D eigenvalue weighted by Crippen LogP contribution is -2.47. The molecule has 0 spiro atoms. The molecule has 2 aromatic carbocycles. The molecule has 0 radical (unpaired) electrons. The second-order valence-electron chi connectivity index (χ2n) is 12.4. The summed E-state index contributed by atoms with van der Waals surface area (Å²) in [6.45, 7) is 7.24. The molecule has 0 bridgehead atoms. The maximum Gasteiger partial charge on any atom is 0.123 e. The molecule has 3 saturated carbocycles. The van der Waals surface area contributed by atoms with Gasteiger partial charge < -0.3 is 4.74 Å². The van der Waals surface area contributed by atoms with Crippen molar-refractivity contribution in [2.24, 2.45) is 17.3 Å². The van der Waals surface area contributed by atoms with Gasteiger partial charge in [-0.15, -0.1) is 0 Å².